The number of carbonyl (C=O) groups excluding carboxylic acids is 1. The molecule has 35 heavy (non-hydrogen) atoms. The first-order valence-electron chi connectivity index (χ1n) is 13.7. The van der Waals surface area contributed by atoms with Crippen LogP contribution >= 0.6 is 0 Å². The molecule has 2 aromatic rings. The van der Waals surface area contributed by atoms with Gasteiger partial charge in [0.2, 0.25) is 5.95 Å². The summed E-state index contributed by atoms with van der Waals surface area (Å²) in [5, 5.41) is 11.3. The lowest BCUT2D eigenvalue weighted by Gasteiger charge is -2.43. The SMILES string of the molecule is CC(C)N1CCN(C2CCC(Nc3ncc4cc5n(c4n3)C3(CCCCC3)CNC5=O)NC2)CC1. The highest BCUT2D eigenvalue weighted by Crippen LogP contribution is 2.40. The van der Waals surface area contributed by atoms with Crippen LogP contribution in [-0.4, -0.2) is 87.8 Å². The summed E-state index contributed by atoms with van der Waals surface area (Å²) >= 11 is 0. The van der Waals surface area contributed by atoms with E-state index in [-0.39, 0.29) is 17.6 Å². The van der Waals surface area contributed by atoms with Gasteiger partial charge in [-0.15, -0.1) is 0 Å². The van der Waals surface area contributed by atoms with Crippen LogP contribution in [0.5, 0.6) is 0 Å². The first kappa shape index (κ1) is 23.2. The van der Waals surface area contributed by atoms with Crippen molar-refractivity contribution in [3.63, 3.8) is 0 Å². The summed E-state index contributed by atoms with van der Waals surface area (Å²) < 4.78 is 2.24. The fourth-order valence-corrected chi connectivity index (χ4v) is 6.78. The Balaban J connectivity index is 1.14. The molecule has 2 saturated heterocycles. The number of anilines is 1. The summed E-state index contributed by atoms with van der Waals surface area (Å²) in [5.74, 6) is 0.653. The summed E-state index contributed by atoms with van der Waals surface area (Å²) in [6.45, 7) is 10.9. The topological polar surface area (TPSA) is 90.3 Å². The second-order valence-corrected chi connectivity index (χ2v) is 11.3. The van der Waals surface area contributed by atoms with Crippen LogP contribution in [-0.2, 0) is 5.54 Å². The van der Waals surface area contributed by atoms with Gasteiger partial charge in [-0.3, -0.25) is 19.9 Å². The number of carbonyl (C=O) groups is 1. The fourth-order valence-electron chi connectivity index (χ4n) is 6.78. The smallest absolute Gasteiger partial charge is 0.268 e. The number of nitrogens with zero attached hydrogens (tertiary/aromatic N) is 5. The molecule has 0 bridgehead atoms. The maximum atomic E-state index is 12.7. The van der Waals surface area contributed by atoms with Crippen molar-refractivity contribution >= 4 is 22.9 Å². The highest BCUT2D eigenvalue weighted by atomic mass is 16.2. The van der Waals surface area contributed by atoms with Gasteiger partial charge in [-0.1, -0.05) is 19.3 Å². The van der Waals surface area contributed by atoms with Crippen molar-refractivity contribution < 1.29 is 4.79 Å². The van der Waals surface area contributed by atoms with Crippen LogP contribution in [0.2, 0.25) is 0 Å². The summed E-state index contributed by atoms with van der Waals surface area (Å²) in [6, 6.07) is 3.21. The van der Waals surface area contributed by atoms with Crippen molar-refractivity contribution in [2.24, 2.45) is 0 Å². The number of amides is 1. The Morgan fingerprint density at radius 2 is 1.91 bits per heavy atom. The van der Waals surface area contributed by atoms with E-state index in [0.717, 1.165) is 55.6 Å². The molecule has 3 N–H and O–H groups in total. The maximum Gasteiger partial charge on any atom is 0.268 e. The molecular weight excluding hydrogens is 440 g/mol. The van der Waals surface area contributed by atoms with Gasteiger partial charge in [0, 0.05) is 62.9 Å². The van der Waals surface area contributed by atoms with Crippen LogP contribution in [0, 0.1) is 0 Å². The standard InChI is InChI=1S/C26H40N8O/c1-18(2)32-10-12-33(13-11-32)20-6-7-22(27-16-20)30-25-28-15-19-14-21-24(35)29-17-26(8-4-3-5-9-26)34(21)23(19)31-25/h14-15,18,20,22,27H,3-13,16-17H2,1-2H3,(H,29,35)(H,28,30,31). The lowest BCUT2D eigenvalue weighted by Crippen LogP contribution is -2.57. The average Bonchev–Trinajstić information content (AvgIpc) is 3.28. The molecule has 2 aromatic heterocycles. The second kappa shape index (κ2) is 9.33. The monoisotopic (exact) mass is 480 g/mol. The van der Waals surface area contributed by atoms with Crippen molar-refractivity contribution in [1.82, 2.24) is 35.0 Å². The Morgan fingerprint density at radius 1 is 1.11 bits per heavy atom. The van der Waals surface area contributed by atoms with E-state index in [1.165, 1.54) is 38.8 Å². The molecule has 1 saturated carbocycles. The largest absolute Gasteiger partial charge is 0.348 e. The van der Waals surface area contributed by atoms with Crippen molar-refractivity contribution in [3.8, 4) is 0 Å². The number of fused-ring (bicyclic) bond motifs is 4. The van der Waals surface area contributed by atoms with Gasteiger partial charge < -0.3 is 15.2 Å². The van der Waals surface area contributed by atoms with Crippen molar-refractivity contribution in [2.75, 3.05) is 44.6 Å². The molecule has 0 aromatic carbocycles. The zero-order valence-corrected chi connectivity index (χ0v) is 21.2. The van der Waals surface area contributed by atoms with Gasteiger partial charge in [-0.2, -0.15) is 4.98 Å². The molecule has 6 rings (SSSR count). The molecule has 3 aliphatic heterocycles. The lowest BCUT2D eigenvalue weighted by atomic mass is 9.80. The number of piperazine rings is 1. The van der Waals surface area contributed by atoms with E-state index >= 15 is 0 Å². The van der Waals surface area contributed by atoms with Gasteiger partial charge in [0.15, 0.2) is 0 Å². The number of piperidine rings is 1. The van der Waals surface area contributed by atoms with E-state index in [1.54, 1.807) is 0 Å². The molecular formula is C26H40N8O. The van der Waals surface area contributed by atoms with Crippen LogP contribution < -0.4 is 16.0 Å². The van der Waals surface area contributed by atoms with E-state index in [9.17, 15) is 4.79 Å². The van der Waals surface area contributed by atoms with Crippen LogP contribution in [0.25, 0.3) is 11.0 Å². The number of aromatic nitrogens is 3. The molecule has 9 heteroatoms. The molecule has 190 valence electrons. The summed E-state index contributed by atoms with van der Waals surface area (Å²) in [4.78, 5) is 27.5. The van der Waals surface area contributed by atoms with Gasteiger partial charge in [0.05, 0.1) is 11.7 Å². The molecule has 5 heterocycles. The Kier molecular flexibility index (Phi) is 6.18. The normalized spacial score (nSPS) is 27.8. The minimum absolute atomic E-state index is 0.00271. The van der Waals surface area contributed by atoms with E-state index in [4.69, 9.17) is 4.98 Å². The summed E-state index contributed by atoms with van der Waals surface area (Å²) in [7, 11) is 0. The van der Waals surface area contributed by atoms with E-state index < -0.39 is 0 Å². The molecule has 9 nitrogen and oxygen atoms in total. The zero-order chi connectivity index (χ0) is 24.0. The van der Waals surface area contributed by atoms with Crippen molar-refractivity contribution in [3.05, 3.63) is 18.0 Å². The Hall–Kier alpha value is -2.23. The highest BCUT2D eigenvalue weighted by molar-refractivity contribution is 5.99. The molecule has 2 atom stereocenters. The average molecular weight is 481 g/mol. The molecule has 2 unspecified atom stereocenters. The minimum Gasteiger partial charge on any atom is -0.348 e. The highest BCUT2D eigenvalue weighted by Gasteiger charge is 2.41. The summed E-state index contributed by atoms with van der Waals surface area (Å²) in [6.07, 6.45) is 10.1. The number of hydrogen-bond acceptors (Lipinski definition) is 7. The van der Waals surface area contributed by atoms with Crippen LogP contribution in [0.3, 0.4) is 0 Å². The van der Waals surface area contributed by atoms with Gasteiger partial charge in [-0.25, -0.2) is 4.98 Å². The third-order valence-electron chi connectivity index (χ3n) is 8.90. The third-order valence-corrected chi connectivity index (χ3v) is 8.90. The molecule has 1 spiro atoms. The van der Waals surface area contributed by atoms with Gasteiger partial charge in [-0.05, 0) is 45.6 Å². The van der Waals surface area contributed by atoms with Crippen LogP contribution in [0.1, 0.15) is 69.3 Å². The lowest BCUT2D eigenvalue weighted by molar-refractivity contribution is 0.0655. The van der Waals surface area contributed by atoms with Crippen LogP contribution in [0.4, 0.5) is 5.95 Å². The first-order valence-corrected chi connectivity index (χ1v) is 13.7. The first-order chi connectivity index (χ1) is 17.0. The Morgan fingerprint density at radius 3 is 2.63 bits per heavy atom. The molecule has 4 aliphatic rings. The zero-order valence-electron chi connectivity index (χ0n) is 21.2. The Bertz CT molecular complexity index is 1060. The van der Waals surface area contributed by atoms with Crippen molar-refractivity contribution in [2.45, 2.75) is 82.6 Å². The molecule has 3 fully saturated rings. The van der Waals surface area contributed by atoms with Crippen molar-refractivity contribution in [1.29, 1.82) is 0 Å². The minimum atomic E-state index is -0.0508. The van der Waals surface area contributed by atoms with Gasteiger partial charge in [0.1, 0.15) is 11.3 Å². The number of rotatable bonds is 4. The maximum absolute atomic E-state index is 12.7. The molecule has 1 aliphatic carbocycles. The van der Waals surface area contributed by atoms with E-state index in [0.29, 0.717) is 24.6 Å². The fraction of sp³-hybridized carbons (Fsp3) is 0.731. The quantitative estimate of drug-likeness (QED) is 0.619. The third kappa shape index (κ3) is 4.32. The Labute approximate surface area is 208 Å². The van der Waals surface area contributed by atoms with Gasteiger partial charge in [0.25, 0.3) is 5.91 Å². The molecule has 1 amide bonds. The number of nitrogens with one attached hydrogen (secondary N) is 3. The number of hydrogen-bond donors (Lipinski definition) is 3. The van der Waals surface area contributed by atoms with E-state index in [1.807, 2.05) is 12.3 Å². The predicted octanol–water partition coefficient (Wildman–Crippen LogP) is 2.35. The van der Waals surface area contributed by atoms with E-state index in [2.05, 4.69) is 49.1 Å². The summed E-state index contributed by atoms with van der Waals surface area (Å²) in [5.41, 5.74) is 1.58. The second-order valence-electron chi connectivity index (χ2n) is 11.3. The predicted molar refractivity (Wildman–Crippen MR) is 138 cm³/mol. The van der Waals surface area contributed by atoms with Gasteiger partial charge >= 0.3 is 0 Å². The van der Waals surface area contributed by atoms with Crippen LogP contribution in [0.15, 0.2) is 12.3 Å². The molecule has 0 radical (unpaired) electrons.